The van der Waals surface area contributed by atoms with E-state index < -0.39 is 34.1 Å². The number of anilines is 1. The molecule has 0 saturated carbocycles. The summed E-state index contributed by atoms with van der Waals surface area (Å²) in [4.78, 5) is 30.3. The molecule has 1 atom stereocenters. The molecule has 9 nitrogen and oxygen atoms in total. The van der Waals surface area contributed by atoms with Gasteiger partial charge in [-0.1, -0.05) is 64.5 Å². The standard InChI is InChI=1S/C38H44BrN3O6S/c1-26-18-27(2)20-31(19-26)42(49(45,46)32-16-17-34(47-6)35(23-32)48-7)25-36(43)41(24-29-14-11-15-30(39)21-29)33(37(44)40-38(3,4)5)22-28-12-9-8-10-13-28/h8-21,23,33H,22,24-25H2,1-7H3,(H,40,44)/t33-/m0/s1. The summed E-state index contributed by atoms with van der Waals surface area (Å²) in [5.74, 6) is -0.300. The van der Waals surface area contributed by atoms with Gasteiger partial charge in [0.05, 0.1) is 24.8 Å². The van der Waals surface area contributed by atoms with Crippen LogP contribution in [0, 0.1) is 13.8 Å². The number of benzene rings is 4. The monoisotopic (exact) mass is 749 g/mol. The number of carbonyl (C=O) groups is 2. The molecule has 0 heterocycles. The summed E-state index contributed by atoms with van der Waals surface area (Å²) < 4.78 is 41.7. The fourth-order valence-electron chi connectivity index (χ4n) is 5.57. The quantitative estimate of drug-likeness (QED) is 0.161. The highest BCUT2D eigenvalue weighted by Crippen LogP contribution is 2.33. The average molecular weight is 751 g/mol. The Morgan fingerprint density at radius 1 is 0.816 bits per heavy atom. The van der Waals surface area contributed by atoms with Crippen LogP contribution in [0.5, 0.6) is 11.5 Å². The van der Waals surface area contributed by atoms with Crippen molar-refractivity contribution < 1.29 is 27.5 Å². The second-order valence-corrected chi connectivity index (χ2v) is 15.7. The molecule has 0 aliphatic carbocycles. The first-order valence-electron chi connectivity index (χ1n) is 15.8. The lowest BCUT2D eigenvalue weighted by molar-refractivity contribution is -0.140. The molecule has 49 heavy (non-hydrogen) atoms. The maximum atomic E-state index is 14.8. The molecule has 4 aromatic rings. The first-order valence-corrected chi connectivity index (χ1v) is 18.1. The van der Waals surface area contributed by atoms with Crippen LogP contribution in [0.15, 0.2) is 100 Å². The lowest BCUT2D eigenvalue weighted by Gasteiger charge is -2.35. The molecule has 0 radical (unpaired) electrons. The lowest BCUT2D eigenvalue weighted by Crippen LogP contribution is -2.56. The van der Waals surface area contributed by atoms with Crippen molar-refractivity contribution in [3.05, 3.63) is 118 Å². The highest BCUT2D eigenvalue weighted by molar-refractivity contribution is 9.10. The first kappa shape index (κ1) is 37.5. The Hall–Kier alpha value is -4.35. The van der Waals surface area contributed by atoms with E-state index in [1.54, 1.807) is 12.1 Å². The van der Waals surface area contributed by atoms with Gasteiger partial charge in [0.25, 0.3) is 10.0 Å². The van der Waals surface area contributed by atoms with Gasteiger partial charge in [-0.25, -0.2) is 8.42 Å². The predicted octanol–water partition coefficient (Wildman–Crippen LogP) is 6.83. The second kappa shape index (κ2) is 15.9. The van der Waals surface area contributed by atoms with Crippen LogP contribution in [0.1, 0.15) is 43.0 Å². The molecule has 11 heteroatoms. The molecule has 1 N–H and O–H groups in total. The summed E-state index contributed by atoms with van der Waals surface area (Å²) in [7, 11) is -1.45. The SMILES string of the molecule is COc1ccc(S(=O)(=O)N(CC(=O)N(Cc2cccc(Br)c2)[C@@H](Cc2ccccc2)C(=O)NC(C)(C)C)c2cc(C)cc(C)c2)cc1OC. The van der Waals surface area contributed by atoms with E-state index in [9.17, 15) is 18.0 Å². The van der Waals surface area contributed by atoms with Gasteiger partial charge in [-0.15, -0.1) is 0 Å². The Labute approximate surface area is 298 Å². The molecule has 0 aliphatic rings. The Morgan fingerprint density at radius 3 is 2.04 bits per heavy atom. The third kappa shape index (κ3) is 9.86. The number of carbonyl (C=O) groups excluding carboxylic acids is 2. The van der Waals surface area contributed by atoms with Crippen LogP contribution in [-0.4, -0.2) is 57.5 Å². The van der Waals surface area contributed by atoms with Gasteiger partial charge in [0, 0.05) is 29.0 Å². The van der Waals surface area contributed by atoms with Crippen molar-refractivity contribution in [2.24, 2.45) is 0 Å². The summed E-state index contributed by atoms with van der Waals surface area (Å²) in [5.41, 5.74) is 3.01. The van der Waals surface area contributed by atoms with E-state index in [0.717, 1.165) is 31.0 Å². The van der Waals surface area contributed by atoms with Crippen molar-refractivity contribution >= 4 is 43.5 Å². The number of nitrogens with one attached hydrogen (secondary N) is 1. The van der Waals surface area contributed by atoms with Crippen LogP contribution in [0.25, 0.3) is 0 Å². The van der Waals surface area contributed by atoms with Gasteiger partial charge in [-0.05, 0) is 93.3 Å². The van der Waals surface area contributed by atoms with E-state index in [4.69, 9.17) is 9.47 Å². The molecule has 0 aliphatic heterocycles. The predicted molar refractivity (Wildman–Crippen MR) is 197 cm³/mol. The van der Waals surface area contributed by atoms with E-state index >= 15 is 0 Å². The molecular weight excluding hydrogens is 706 g/mol. The molecule has 0 aromatic heterocycles. The highest BCUT2D eigenvalue weighted by atomic mass is 79.9. The minimum absolute atomic E-state index is 0.0599. The molecule has 0 spiro atoms. The van der Waals surface area contributed by atoms with Gasteiger partial charge in [0.2, 0.25) is 11.8 Å². The normalized spacial score (nSPS) is 12.2. The number of hydrogen-bond acceptors (Lipinski definition) is 6. The summed E-state index contributed by atoms with van der Waals surface area (Å²) in [6.45, 7) is 8.86. The van der Waals surface area contributed by atoms with Crippen LogP contribution in [0.3, 0.4) is 0 Å². The van der Waals surface area contributed by atoms with Crippen molar-refractivity contribution in [3.63, 3.8) is 0 Å². The summed E-state index contributed by atoms with van der Waals surface area (Å²) in [6.07, 6.45) is 0.217. The third-order valence-electron chi connectivity index (χ3n) is 7.73. The molecule has 4 rings (SSSR count). The molecule has 260 valence electrons. The largest absolute Gasteiger partial charge is 0.493 e. The van der Waals surface area contributed by atoms with Crippen molar-refractivity contribution in [2.75, 3.05) is 25.1 Å². The zero-order valence-electron chi connectivity index (χ0n) is 29.0. The summed E-state index contributed by atoms with van der Waals surface area (Å²) in [5, 5.41) is 3.05. The van der Waals surface area contributed by atoms with Crippen LogP contribution in [0.2, 0.25) is 0 Å². The highest BCUT2D eigenvalue weighted by Gasteiger charge is 2.36. The summed E-state index contributed by atoms with van der Waals surface area (Å²) >= 11 is 3.52. The Kier molecular flexibility index (Phi) is 12.2. The molecule has 0 bridgehead atoms. The maximum absolute atomic E-state index is 14.8. The Bertz CT molecular complexity index is 1870. The fourth-order valence-corrected chi connectivity index (χ4v) is 7.43. The van der Waals surface area contributed by atoms with Crippen LogP contribution < -0.4 is 19.1 Å². The molecule has 0 saturated heterocycles. The van der Waals surface area contributed by atoms with Crippen molar-refractivity contribution in [3.8, 4) is 11.5 Å². The fraction of sp³-hybridized carbons (Fsp3) is 0.316. The van der Waals surface area contributed by atoms with E-state index in [-0.39, 0.29) is 29.5 Å². The number of hydrogen-bond donors (Lipinski definition) is 1. The van der Waals surface area contributed by atoms with Crippen molar-refractivity contribution in [1.82, 2.24) is 10.2 Å². The van der Waals surface area contributed by atoms with Gasteiger partial charge in [-0.3, -0.25) is 13.9 Å². The summed E-state index contributed by atoms with van der Waals surface area (Å²) in [6, 6.07) is 25.7. The average Bonchev–Trinajstić information content (AvgIpc) is 3.03. The van der Waals surface area contributed by atoms with Crippen molar-refractivity contribution in [2.45, 2.75) is 64.1 Å². The number of methoxy groups -OCH3 is 2. The van der Waals surface area contributed by atoms with Crippen molar-refractivity contribution in [1.29, 1.82) is 0 Å². The van der Waals surface area contributed by atoms with Crippen LogP contribution in [0.4, 0.5) is 5.69 Å². The smallest absolute Gasteiger partial charge is 0.264 e. The zero-order chi connectivity index (χ0) is 35.9. The Morgan fingerprint density at radius 2 is 1.45 bits per heavy atom. The van der Waals surface area contributed by atoms with E-state index in [2.05, 4.69) is 21.2 Å². The number of halogens is 1. The number of rotatable bonds is 13. The molecule has 4 aromatic carbocycles. The van der Waals surface area contributed by atoms with E-state index in [1.807, 2.05) is 95.3 Å². The van der Waals surface area contributed by atoms with Crippen LogP contribution >= 0.6 is 15.9 Å². The van der Waals surface area contributed by atoms with Crippen LogP contribution in [-0.2, 0) is 32.6 Å². The Balaban J connectivity index is 1.87. The number of aryl methyl sites for hydroxylation is 2. The topological polar surface area (TPSA) is 105 Å². The number of amides is 2. The third-order valence-corrected chi connectivity index (χ3v) is 9.99. The molecule has 2 amide bonds. The number of nitrogens with zero attached hydrogens (tertiary/aromatic N) is 2. The van der Waals surface area contributed by atoms with E-state index in [0.29, 0.717) is 11.4 Å². The second-order valence-electron chi connectivity index (χ2n) is 13.0. The first-order chi connectivity index (χ1) is 23.1. The zero-order valence-corrected chi connectivity index (χ0v) is 31.4. The molecule has 0 unspecified atom stereocenters. The number of sulfonamides is 1. The van der Waals surface area contributed by atoms with Gasteiger partial charge in [0.1, 0.15) is 12.6 Å². The van der Waals surface area contributed by atoms with Gasteiger partial charge in [0.15, 0.2) is 11.5 Å². The van der Waals surface area contributed by atoms with E-state index in [1.165, 1.54) is 37.3 Å². The minimum Gasteiger partial charge on any atom is -0.493 e. The maximum Gasteiger partial charge on any atom is 0.264 e. The number of ether oxygens (including phenoxy) is 2. The molecule has 0 fully saturated rings. The lowest BCUT2D eigenvalue weighted by atomic mass is 10.0. The van der Waals surface area contributed by atoms with Gasteiger partial charge < -0.3 is 19.7 Å². The van der Waals surface area contributed by atoms with Gasteiger partial charge in [-0.2, -0.15) is 0 Å². The van der Waals surface area contributed by atoms with Gasteiger partial charge >= 0.3 is 0 Å². The molecular formula is C38H44BrN3O6S. The minimum atomic E-state index is -4.34.